The Kier molecular flexibility index (Phi) is 9.59. The molecule has 1 atom stereocenters. The fraction of sp³-hybridized carbons (Fsp3) is 0.500. The van der Waals surface area contributed by atoms with Crippen LogP contribution >= 0.6 is 0 Å². The number of benzene rings is 2. The summed E-state index contributed by atoms with van der Waals surface area (Å²) in [5.74, 6) is 0.854. The molecule has 9 heteroatoms. The predicted molar refractivity (Wildman–Crippen MR) is 150 cm³/mol. The number of nitrogens with zero attached hydrogens (tertiary/aromatic N) is 4. The molecular formula is C30H40N4O5. The van der Waals surface area contributed by atoms with Crippen molar-refractivity contribution in [2.24, 2.45) is 11.0 Å². The smallest absolute Gasteiger partial charge is 0.262 e. The Bertz CT molecular complexity index is 1170. The van der Waals surface area contributed by atoms with Crippen molar-refractivity contribution < 1.29 is 23.8 Å². The lowest BCUT2D eigenvalue weighted by molar-refractivity contribution is -0.143. The van der Waals surface area contributed by atoms with E-state index in [1.165, 1.54) is 0 Å². The monoisotopic (exact) mass is 536 g/mol. The van der Waals surface area contributed by atoms with E-state index in [9.17, 15) is 9.59 Å². The van der Waals surface area contributed by atoms with E-state index in [0.717, 1.165) is 35.5 Å². The van der Waals surface area contributed by atoms with E-state index in [1.807, 2.05) is 63.2 Å². The van der Waals surface area contributed by atoms with Crippen molar-refractivity contribution in [3.63, 3.8) is 0 Å². The van der Waals surface area contributed by atoms with Gasteiger partial charge in [0.2, 0.25) is 5.91 Å². The number of hydrazone groups is 1. The summed E-state index contributed by atoms with van der Waals surface area (Å²) >= 11 is 0. The zero-order valence-electron chi connectivity index (χ0n) is 23.7. The van der Waals surface area contributed by atoms with Gasteiger partial charge in [-0.1, -0.05) is 43.7 Å². The largest absolute Gasteiger partial charge is 0.497 e. The summed E-state index contributed by atoms with van der Waals surface area (Å²) in [4.78, 5) is 30.9. The van der Waals surface area contributed by atoms with E-state index in [4.69, 9.17) is 19.3 Å². The van der Waals surface area contributed by atoms with Gasteiger partial charge in [0.1, 0.15) is 18.0 Å². The topological polar surface area (TPSA) is 83.9 Å². The number of hydrogen-bond acceptors (Lipinski definition) is 7. The fourth-order valence-corrected chi connectivity index (χ4v) is 4.94. The first-order valence-corrected chi connectivity index (χ1v) is 13.6. The average molecular weight is 537 g/mol. The molecule has 2 amide bonds. The Balaban J connectivity index is 1.61. The minimum atomic E-state index is -0.282. The number of ether oxygens (including phenoxy) is 3. The van der Waals surface area contributed by atoms with E-state index < -0.39 is 0 Å². The summed E-state index contributed by atoms with van der Waals surface area (Å²) in [6, 6.07) is 13.5. The number of amides is 2. The molecule has 0 aliphatic carbocycles. The molecule has 0 N–H and O–H groups in total. The molecule has 0 spiro atoms. The highest BCUT2D eigenvalue weighted by Gasteiger charge is 2.35. The first kappa shape index (κ1) is 28.6. The summed E-state index contributed by atoms with van der Waals surface area (Å²) in [6.45, 7) is 9.97. The van der Waals surface area contributed by atoms with Crippen molar-refractivity contribution in [1.29, 1.82) is 0 Å². The SMILES string of the molecule is COc1ccc(C2=NN(C(=O)CN(CCN3CCOCC3)C(=O)C(C)C)[C@@H](c3ccc(C)cc3)C2)c(OC)c1. The third-order valence-corrected chi connectivity index (χ3v) is 7.27. The van der Waals surface area contributed by atoms with Crippen molar-refractivity contribution in [2.45, 2.75) is 33.2 Å². The summed E-state index contributed by atoms with van der Waals surface area (Å²) in [5.41, 5.74) is 3.70. The summed E-state index contributed by atoms with van der Waals surface area (Å²) in [7, 11) is 3.22. The number of rotatable bonds is 10. The standard InChI is InChI=1S/C30H40N4O5/c1-21(2)30(36)33(13-12-32-14-16-39-17-15-32)20-29(35)34-27(23-8-6-22(3)7-9-23)19-26(31-34)25-11-10-24(37-4)18-28(25)38-5/h6-11,18,21,27H,12-17,19-20H2,1-5H3/t27-/m1/s1. The summed E-state index contributed by atoms with van der Waals surface area (Å²) < 4.78 is 16.4. The molecule has 2 aromatic rings. The maximum atomic E-state index is 13.9. The van der Waals surface area contributed by atoms with Gasteiger partial charge < -0.3 is 19.1 Å². The molecule has 1 saturated heterocycles. The van der Waals surface area contributed by atoms with Crippen LogP contribution in [0.3, 0.4) is 0 Å². The predicted octanol–water partition coefficient (Wildman–Crippen LogP) is 3.51. The van der Waals surface area contributed by atoms with Crippen LogP contribution in [0.5, 0.6) is 11.5 Å². The molecule has 1 fully saturated rings. The Morgan fingerprint density at radius 2 is 1.79 bits per heavy atom. The summed E-state index contributed by atoms with van der Waals surface area (Å²) in [6.07, 6.45) is 0.531. The minimum absolute atomic E-state index is 0.0275. The zero-order valence-corrected chi connectivity index (χ0v) is 23.7. The molecule has 0 saturated carbocycles. The van der Waals surface area contributed by atoms with Gasteiger partial charge >= 0.3 is 0 Å². The van der Waals surface area contributed by atoms with Gasteiger partial charge in [0, 0.05) is 50.1 Å². The maximum Gasteiger partial charge on any atom is 0.262 e. The second-order valence-corrected chi connectivity index (χ2v) is 10.4. The van der Waals surface area contributed by atoms with Gasteiger partial charge in [-0.15, -0.1) is 0 Å². The van der Waals surface area contributed by atoms with Crippen LogP contribution in [0.4, 0.5) is 0 Å². The third kappa shape index (κ3) is 6.96. The second kappa shape index (κ2) is 13.1. The average Bonchev–Trinajstić information content (AvgIpc) is 3.40. The Hall–Kier alpha value is -3.43. The van der Waals surface area contributed by atoms with Crippen LogP contribution in [0.1, 0.15) is 43.0 Å². The first-order chi connectivity index (χ1) is 18.8. The molecule has 0 unspecified atom stereocenters. The van der Waals surface area contributed by atoms with Gasteiger partial charge in [0.05, 0.1) is 39.2 Å². The van der Waals surface area contributed by atoms with Gasteiger partial charge in [-0.2, -0.15) is 5.10 Å². The van der Waals surface area contributed by atoms with Crippen molar-refractivity contribution >= 4 is 17.5 Å². The molecule has 39 heavy (non-hydrogen) atoms. The quantitative estimate of drug-likeness (QED) is 0.462. The normalized spacial score (nSPS) is 17.7. The van der Waals surface area contributed by atoms with Gasteiger partial charge in [-0.25, -0.2) is 5.01 Å². The number of morpholine rings is 1. The lowest BCUT2D eigenvalue weighted by Crippen LogP contribution is -2.47. The molecule has 2 aromatic carbocycles. The van der Waals surface area contributed by atoms with E-state index in [1.54, 1.807) is 24.1 Å². The lowest BCUT2D eigenvalue weighted by Gasteiger charge is -2.31. The number of methoxy groups -OCH3 is 2. The highest BCUT2D eigenvalue weighted by atomic mass is 16.5. The van der Waals surface area contributed by atoms with Gasteiger partial charge in [0.25, 0.3) is 5.91 Å². The molecule has 210 valence electrons. The van der Waals surface area contributed by atoms with Crippen LogP contribution in [0.2, 0.25) is 0 Å². The van der Waals surface area contributed by atoms with Crippen LogP contribution in [0, 0.1) is 12.8 Å². The van der Waals surface area contributed by atoms with Crippen LogP contribution in [0.15, 0.2) is 47.6 Å². The van der Waals surface area contributed by atoms with Gasteiger partial charge in [-0.3, -0.25) is 14.5 Å². The van der Waals surface area contributed by atoms with Crippen LogP contribution in [-0.4, -0.2) is 92.5 Å². The molecule has 0 radical (unpaired) electrons. The van der Waals surface area contributed by atoms with Crippen molar-refractivity contribution in [1.82, 2.24) is 14.8 Å². The second-order valence-electron chi connectivity index (χ2n) is 10.4. The molecule has 2 aliphatic heterocycles. The van der Waals surface area contributed by atoms with E-state index in [-0.39, 0.29) is 30.3 Å². The number of hydrogen-bond donors (Lipinski definition) is 0. The molecule has 4 rings (SSSR count). The van der Waals surface area contributed by atoms with E-state index >= 15 is 0 Å². The summed E-state index contributed by atoms with van der Waals surface area (Å²) in [5, 5.41) is 6.38. The highest BCUT2D eigenvalue weighted by molar-refractivity contribution is 6.05. The Labute approximate surface area is 231 Å². The zero-order chi connectivity index (χ0) is 27.9. The van der Waals surface area contributed by atoms with E-state index in [0.29, 0.717) is 44.2 Å². The van der Waals surface area contributed by atoms with Crippen molar-refractivity contribution in [3.8, 4) is 11.5 Å². The lowest BCUT2D eigenvalue weighted by atomic mass is 9.97. The fourth-order valence-electron chi connectivity index (χ4n) is 4.94. The van der Waals surface area contributed by atoms with Crippen LogP contribution in [-0.2, 0) is 14.3 Å². The molecule has 9 nitrogen and oxygen atoms in total. The van der Waals surface area contributed by atoms with Crippen LogP contribution in [0.25, 0.3) is 0 Å². The Morgan fingerprint density at radius 3 is 2.44 bits per heavy atom. The van der Waals surface area contributed by atoms with Gasteiger partial charge in [-0.05, 0) is 24.6 Å². The highest BCUT2D eigenvalue weighted by Crippen LogP contribution is 2.36. The van der Waals surface area contributed by atoms with Gasteiger partial charge in [0.15, 0.2) is 0 Å². The number of carbonyl (C=O) groups excluding carboxylic acids is 2. The third-order valence-electron chi connectivity index (χ3n) is 7.27. The Morgan fingerprint density at radius 1 is 1.08 bits per heavy atom. The minimum Gasteiger partial charge on any atom is -0.497 e. The number of carbonyl (C=O) groups is 2. The number of aryl methyl sites for hydroxylation is 1. The molecule has 0 bridgehead atoms. The van der Waals surface area contributed by atoms with Crippen molar-refractivity contribution in [3.05, 3.63) is 59.2 Å². The maximum absolute atomic E-state index is 13.9. The van der Waals surface area contributed by atoms with E-state index in [2.05, 4.69) is 4.90 Å². The molecular weight excluding hydrogens is 496 g/mol. The van der Waals surface area contributed by atoms with Crippen molar-refractivity contribution in [2.75, 3.05) is 60.2 Å². The molecule has 2 heterocycles. The first-order valence-electron chi connectivity index (χ1n) is 13.6. The molecule has 0 aromatic heterocycles. The molecule has 2 aliphatic rings. The van der Waals surface area contributed by atoms with Crippen LogP contribution < -0.4 is 9.47 Å².